The third-order valence-electron chi connectivity index (χ3n) is 5.41. The van der Waals surface area contributed by atoms with Crippen LogP contribution in [0.4, 0.5) is 0 Å². The largest absolute Gasteiger partial charge is 0.496 e. The zero-order valence-corrected chi connectivity index (χ0v) is 21.2. The maximum atomic E-state index is 13.5. The molecule has 7 nitrogen and oxygen atoms in total. The van der Waals surface area contributed by atoms with E-state index in [1.54, 1.807) is 43.5 Å². The van der Waals surface area contributed by atoms with E-state index in [1.165, 1.54) is 10.9 Å². The van der Waals surface area contributed by atoms with Crippen molar-refractivity contribution in [3.63, 3.8) is 0 Å². The van der Waals surface area contributed by atoms with Gasteiger partial charge in [0, 0.05) is 0 Å². The molecule has 0 radical (unpaired) electrons. The van der Waals surface area contributed by atoms with Gasteiger partial charge in [-0.15, -0.1) is 0 Å². The van der Waals surface area contributed by atoms with Crippen molar-refractivity contribution < 1.29 is 13.9 Å². The highest BCUT2D eigenvalue weighted by Gasteiger charge is 2.18. The van der Waals surface area contributed by atoms with Crippen molar-refractivity contribution in [2.45, 2.75) is 20.0 Å². The lowest BCUT2D eigenvalue weighted by Gasteiger charge is -2.13. The molecule has 0 spiro atoms. The van der Waals surface area contributed by atoms with Gasteiger partial charge in [-0.1, -0.05) is 41.4 Å². The minimum Gasteiger partial charge on any atom is -0.496 e. The van der Waals surface area contributed by atoms with Gasteiger partial charge in [0.25, 0.3) is 5.56 Å². The normalized spacial score (nSPS) is 11.7. The molecule has 0 aliphatic heterocycles. The lowest BCUT2D eigenvalue weighted by molar-refractivity contribution is 0.243. The molecule has 2 heterocycles. The topological polar surface area (TPSA) is 78.9 Å². The van der Waals surface area contributed by atoms with Crippen molar-refractivity contribution in [1.29, 1.82) is 0 Å². The molecule has 36 heavy (non-hydrogen) atoms. The molecule has 0 atom stereocenters. The standard InChI is InChI=1S/C27H21Cl2N3O4/c1-15(2)35-25-19(28)11-16(12-20(25)29)14-30-32-26(31-21-8-5-4-7-17(21)27(32)33)24-13-18-22(34-3)9-6-10-23(18)36-24/h4-15H,1-3H3. The summed E-state index contributed by atoms with van der Waals surface area (Å²) in [4.78, 5) is 18.2. The summed E-state index contributed by atoms with van der Waals surface area (Å²) in [5.74, 6) is 1.65. The third kappa shape index (κ3) is 4.43. The zero-order chi connectivity index (χ0) is 25.4. The lowest BCUT2D eigenvalue weighted by atomic mass is 10.2. The van der Waals surface area contributed by atoms with E-state index >= 15 is 0 Å². The Balaban J connectivity index is 1.67. The monoisotopic (exact) mass is 521 g/mol. The molecular weight excluding hydrogens is 501 g/mol. The first-order chi connectivity index (χ1) is 17.4. The van der Waals surface area contributed by atoms with Crippen LogP contribution in [-0.4, -0.2) is 29.1 Å². The van der Waals surface area contributed by atoms with Crippen LogP contribution < -0.4 is 15.0 Å². The molecule has 3 aromatic carbocycles. The van der Waals surface area contributed by atoms with Crippen LogP contribution in [0.1, 0.15) is 19.4 Å². The van der Waals surface area contributed by atoms with Gasteiger partial charge in [-0.25, -0.2) is 4.98 Å². The predicted molar refractivity (Wildman–Crippen MR) is 143 cm³/mol. The van der Waals surface area contributed by atoms with Crippen LogP contribution in [-0.2, 0) is 0 Å². The van der Waals surface area contributed by atoms with E-state index in [2.05, 4.69) is 5.10 Å². The Morgan fingerprint density at radius 2 is 1.78 bits per heavy atom. The van der Waals surface area contributed by atoms with E-state index in [0.717, 1.165) is 5.39 Å². The number of aromatic nitrogens is 2. The van der Waals surface area contributed by atoms with Gasteiger partial charge in [0.2, 0.25) is 5.82 Å². The van der Waals surface area contributed by atoms with E-state index < -0.39 is 0 Å². The molecule has 0 N–H and O–H groups in total. The number of fused-ring (bicyclic) bond motifs is 2. The van der Waals surface area contributed by atoms with Crippen LogP contribution in [0.25, 0.3) is 33.5 Å². The van der Waals surface area contributed by atoms with Crippen molar-refractivity contribution in [2.24, 2.45) is 5.10 Å². The van der Waals surface area contributed by atoms with E-state index in [4.69, 9.17) is 42.1 Å². The second-order valence-corrected chi connectivity index (χ2v) is 9.09. The molecular formula is C27H21Cl2N3O4. The SMILES string of the molecule is COc1cccc2oc(-c3nc4ccccc4c(=O)n3N=Cc3cc(Cl)c(OC(C)C)c(Cl)c3)cc12. The van der Waals surface area contributed by atoms with Gasteiger partial charge in [-0.05, 0) is 61.9 Å². The second kappa shape index (κ2) is 9.68. The number of benzene rings is 3. The summed E-state index contributed by atoms with van der Waals surface area (Å²) in [5, 5.41) is 6.31. The number of hydrogen-bond acceptors (Lipinski definition) is 6. The molecule has 0 fully saturated rings. The third-order valence-corrected chi connectivity index (χ3v) is 5.97. The quantitative estimate of drug-likeness (QED) is 0.229. The number of rotatable bonds is 6. The fourth-order valence-corrected chi connectivity index (χ4v) is 4.43. The minimum atomic E-state index is -0.351. The highest BCUT2D eigenvalue weighted by atomic mass is 35.5. The Labute approximate surface area is 216 Å². The van der Waals surface area contributed by atoms with Crippen LogP contribution in [0.2, 0.25) is 10.0 Å². The molecule has 0 amide bonds. The minimum absolute atomic E-state index is 0.0910. The number of hydrogen-bond donors (Lipinski definition) is 0. The van der Waals surface area contributed by atoms with Gasteiger partial charge in [0.1, 0.15) is 11.3 Å². The van der Waals surface area contributed by atoms with E-state index in [1.807, 2.05) is 38.1 Å². The number of ether oxygens (including phenoxy) is 2. The van der Waals surface area contributed by atoms with E-state index in [-0.39, 0.29) is 17.5 Å². The fraction of sp³-hybridized carbons (Fsp3) is 0.148. The summed E-state index contributed by atoms with van der Waals surface area (Å²) in [5.41, 5.74) is 1.36. The first kappa shape index (κ1) is 23.9. The highest BCUT2D eigenvalue weighted by molar-refractivity contribution is 6.37. The van der Waals surface area contributed by atoms with Gasteiger partial charge in [-0.3, -0.25) is 4.79 Å². The predicted octanol–water partition coefficient (Wildman–Crippen LogP) is 6.79. The molecule has 9 heteroatoms. The lowest BCUT2D eigenvalue weighted by Crippen LogP contribution is -2.20. The molecule has 0 bridgehead atoms. The smallest absolute Gasteiger partial charge is 0.282 e. The van der Waals surface area contributed by atoms with Crippen LogP contribution >= 0.6 is 23.2 Å². The average molecular weight is 522 g/mol. The van der Waals surface area contributed by atoms with Crippen molar-refractivity contribution in [1.82, 2.24) is 9.66 Å². The average Bonchev–Trinajstić information content (AvgIpc) is 3.30. The highest BCUT2D eigenvalue weighted by Crippen LogP contribution is 2.35. The summed E-state index contributed by atoms with van der Waals surface area (Å²) in [6.07, 6.45) is 1.40. The molecule has 182 valence electrons. The molecule has 5 rings (SSSR count). The molecule has 5 aromatic rings. The van der Waals surface area contributed by atoms with Crippen molar-refractivity contribution in [2.75, 3.05) is 7.11 Å². The fourth-order valence-electron chi connectivity index (χ4n) is 3.84. The van der Waals surface area contributed by atoms with Crippen LogP contribution in [0, 0.1) is 0 Å². The summed E-state index contributed by atoms with van der Waals surface area (Å²) in [7, 11) is 1.59. The molecule has 2 aromatic heterocycles. The Bertz CT molecular complexity index is 1670. The van der Waals surface area contributed by atoms with Crippen LogP contribution in [0.3, 0.4) is 0 Å². The van der Waals surface area contributed by atoms with Gasteiger partial charge < -0.3 is 13.9 Å². The number of para-hydroxylation sites is 1. The van der Waals surface area contributed by atoms with Gasteiger partial charge in [0.05, 0.1) is 45.8 Å². The number of methoxy groups -OCH3 is 1. The summed E-state index contributed by atoms with van der Waals surface area (Å²) in [6.45, 7) is 3.77. The molecule has 0 saturated heterocycles. The van der Waals surface area contributed by atoms with E-state index in [9.17, 15) is 4.79 Å². The van der Waals surface area contributed by atoms with Gasteiger partial charge >= 0.3 is 0 Å². The van der Waals surface area contributed by atoms with Crippen LogP contribution in [0.15, 0.2) is 75.0 Å². The zero-order valence-electron chi connectivity index (χ0n) is 19.7. The first-order valence-corrected chi connectivity index (χ1v) is 11.9. The Kier molecular flexibility index (Phi) is 6.43. The Morgan fingerprint density at radius 3 is 2.50 bits per heavy atom. The Hall–Kier alpha value is -3.81. The molecule has 0 aliphatic rings. The van der Waals surface area contributed by atoms with Crippen molar-refractivity contribution in [3.8, 4) is 23.1 Å². The molecule has 0 aliphatic carbocycles. The van der Waals surface area contributed by atoms with Crippen molar-refractivity contribution in [3.05, 3.63) is 86.6 Å². The van der Waals surface area contributed by atoms with Gasteiger partial charge in [-0.2, -0.15) is 9.78 Å². The van der Waals surface area contributed by atoms with Gasteiger partial charge in [0.15, 0.2) is 11.5 Å². The second-order valence-electron chi connectivity index (χ2n) is 8.28. The molecule has 0 saturated carbocycles. The maximum Gasteiger partial charge on any atom is 0.282 e. The van der Waals surface area contributed by atoms with Crippen molar-refractivity contribution >= 4 is 51.3 Å². The first-order valence-electron chi connectivity index (χ1n) is 11.1. The van der Waals surface area contributed by atoms with E-state index in [0.29, 0.717) is 49.4 Å². The summed E-state index contributed by atoms with van der Waals surface area (Å²) in [6, 6.07) is 17.7. The summed E-state index contributed by atoms with van der Waals surface area (Å²) >= 11 is 12.8. The number of halogens is 2. The Morgan fingerprint density at radius 1 is 1.03 bits per heavy atom. The van der Waals surface area contributed by atoms with Crippen LogP contribution in [0.5, 0.6) is 11.5 Å². The maximum absolute atomic E-state index is 13.5. The number of furan rings is 1. The number of nitrogens with zero attached hydrogens (tertiary/aromatic N) is 3. The molecule has 0 unspecified atom stereocenters. The summed E-state index contributed by atoms with van der Waals surface area (Å²) < 4.78 is 18.4.